The quantitative estimate of drug-likeness (QED) is 0.937. The molecular formula is C12H15N3O3S2. The van der Waals surface area contributed by atoms with Gasteiger partial charge in [0, 0.05) is 23.7 Å². The summed E-state index contributed by atoms with van der Waals surface area (Å²) < 4.78 is 32.3. The van der Waals surface area contributed by atoms with Crippen LogP contribution in [0.2, 0.25) is 0 Å². The molecule has 0 aliphatic carbocycles. The van der Waals surface area contributed by atoms with Crippen LogP contribution in [-0.2, 0) is 10.0 Å². The Bertz CT molecular complexity index is 720. The van der Waals surface area contributed by atoms with Crippen molar-refractivity contribution in [1.82, 2.24) is 9.46 Å². The second-order valence-electron chi connectivity index (χ2n) is 4.84. The monoisotopic (exact) mass is 313 g/mol. The molecule has 1 saturated heterocycles. The topological polar surface area (TPSA) is 89.4 Å². The molecule has 0 radical (unpaired) electrons. The second-order valence-corrected chi connectivity index (χ2v) is 7.87. The third-order valence-corrected chi connectivity index (χ3v) is 6.68. The minimum absolute atomic E-state index is 0.274. The highest BCUT2D eigenvalue weighted by Gasteiger charge is 2.38. The average Bonchev–Trinajstić information content (AvgIpc) is 3.07. The lowest BCUT2D eigenvalue weighted by molar-refractivity contribution is 0.297. The fourth-order valence-electron chi connectivity index (χ4n) is 2.43. The normalized spacial score (nSPS) is 20.6. The van der Waals surface area contributed by atoms with Gasteiger partial charge in [-0.3, -0.25) is 0 Å². The molecule has 0 saturated carbocycles. The first-order valence-corrected chi connectivity index (χ1v) is 8.59. The molecule has 0 spiro atoms. The maximum Gasteiger partial charge on any atom is 0.253 e. The molecule has 2 N–H and O–H groups in total. The third-order valence-electron chi connectivity index (χ3n) is 3.34. The van der Waals surface area contributed by atoms with E-state index in [1.807, 2.05) is 6.92 Å². The molecule has 2 aromatic heterocycles. The zero-order valence-corrected chi connectivity index (χ0v) is 12.6. The van der Waals surface area contributed by atoms with E-state index >= 15 is 0 Å². The Labute approximate surface area is 121 Å². The number of hydrogen-bond acceptors (Lipinski definition) is 6. The standard InChI is InChI=1S/C12H15N3O3S2/c1-8-5-11(18-14-8)10-3-2-4-15(10)20(16,17)12-6-9(13)7-19-12/h5-7,10H,2-4,13H2,1H3. The summed E-state index contributed by atoms with van der Waals surface area (Å²) in [5.74, 6) is 0.605. The summed E-state index contributed by atoms with van der Waals surface area (Å²) in [6.07, 6.45) is 1.55. The number of sulfonamides is 1. The van der Waals surface area contributed by atoms with E-state index in [9.17, 15) is 8.42 Å². The van der Waals surface area contributed by atoms with Crippen molar-refractivity contribution in [3.05, 3.63) is 29.0 Å². The highest BCUT2D eigenvalue weighted by molar-refractivity contribution is 7.91. The van der Waals surface area contributed by atoms with Crippen LogP contribution >= 0.6 is 11.3 Å². The molecule has 8 heteroatoms. The van der Waals surface area contributed by atoms with E-state index in [-0.39, 0.29) is 10.3 Å². The van der Waals surface area contributed by atoms with Crippen molar-refractivity contribution in [3.63, 3.8) is 0 Å². The molecule has 1 atom stereocenters. The fourth-order valence-corrected chi connectivity index (χ4v) is 5.31. The van der Waals surface area contributed by atoms with Gasteiger partial charge in [0.2, 0.25) is 0 Å². The number of rotatable bonds is 3. The van der Waals surface area contributed by atoms with Gasteiger partial charge in [-0.05, 0) is 25.8 Å². The van der Waals surface area contributed by atoms with Crippen molar-refractivity contribution in [2.45, 2.75) is 30.0 Å². The molecule has 3 heterocycles. The van der Waals surface area contributed by atoms with Crippen LogP contribution < -0.4 is 5.73 Å². The van der Waals surface area contributed by atoms with Gasteiger partial charge in [0.15, 0.2) is 5.76 Å². The Kier molecular flexibility index (Phi) is 3.31. The van der Waals surface area contributed by atoms with Crippen molar-refractivity contribution in [1.29, 1.82) is 0 Å². The highest BCUT2D eigenvalue weighted by atomic mass is 32.2. The maximum absolute atomic E-state index is 12.7. The highest BCUT2D eigenvalue weighted by Crippen LogP contribution is 2.38. The zero-order chi connectivity index (χ0) is 14.3. The molecule has 20 heavy (non-hydrogen) atoms. The number of aryl methyl sites for hydroxylation is 1. The van der Waals surface area contributed by atoms with Gasteiger partial charge in [-0.15, -0.1) is 11.3 Å². The predicted molar refractivity (Wildman–Crippen MR) is 75.8 cm³/mol. The van der Waals surface area contributed by atoms with E-state index in [1.165, 1.54) is 10.4 Å². The Hall–Kier alpha value is -1.38. The lowest BCUT2D eigenvalue weighted by atomic mass is 10.2. The molecule has 3 rings (SSSR count). The Morgan fingerprint density at radius 2 is 2.30 bits per heavy atom. The molecule has 0 bridgehead atoms. The van der Waals surface area contributed by atoms with Gasteiger partial charge in [-0.2, -0.15) is 4.31 Å². The summed E-state index contributed by atoms with van der Waals surface area (Å²) in [6.45, 7) is 2.31. The van der Waals surface area contributed by atoms with Crippen molar-refractivity contribution in [2.75, 3.05) is 12.3 Å². The van der Waals surface area contributed by atoms with Gasteiger partial charge in [0.05, 0.1) is 11.7 Å². The van der Waals surface area contributed by atoms with E-state index in [0.29, 0.717) is 18.0 Å². The number of hydrogen-bond donors (Lipinski definition) is 1. The van der Waals surface area contributed by atoms with E-state index in [4.69, 9.17) is 10.3 Å². The molecule has 0 aromatic carbocycles. The average molecular weight is 313 g/mol. The molecule has 1 fully saturated rings. The van der Waals surface area contributed by atoms with Crippen LogP contribution in [0.4, 0.5) is 5.69 Å². The van der Waals surface area contributed by atoms with Gasteiger partial charge in [0.1, 0.15) is 4.21 Å². The molecular weight excluding hydrogens is 298 g/mol. The summed E-state index contributed by atoms with van der Waals surface area (Å²) in [5.41, 5.74) is 6.85. The molecule has 1 aliphatic rings. The van der Waals surface area contributed by atoms with Gasteiger partial charge < -0.3 is 10.3 Å². The number of thiophene rings is 1. The van der Waals surface area contributed by atoms with Gasteiger partial charge in [-0.1, -0.05) is 5.16 Å². The summed E-state index contributed by atoms with van der Waals surface area (Å²) in [6, 6.07) is 3.02. The Morgan fingerprint density at radius 3 is 2.90 bits per heavy atom. The van der Waals surface area contributed by atoms with Crippen molar-refractivity contribution in [3.8, 4) is 0 Å². The molecule has 1 aliphatic heterocycles. The van der Waals surface area contributed by atoms with E-state index in [2.05, 4.69) is 5.16 Å². The van der Waals surface area contributed by atoms with Crippen molar-refractivity contribution < 1.29 is 12.9 Å². The van der Waals surface area contributed by atoms with Crippen LogP contribution in [-0.4, -0.2) is 24.4 Å². The van der Waals surface area contributed by atoms with Crippen LogP contribution in [0, 0.1) is 6.92 Å². The van der Waals surface area contributed by atoms with Crippen LogP contribution in [0.1, 0.15) is 30.3 Å². The minimum atomic E-state index is -3.52. The number of nitrogens with zero attached hydrogens (tertiary/aromatic N) is 2. The first-order valence-electron chi connectivity index (χ1n) is 6.27. The van der Waals surface area contributed by atoms with Gasteiger partial charge in [-0.25, -0.2) is 8.42 Å². The second kappa shape index (κ2) is 4.87. The van der Waals surface area contributed by atoms with Crippen LogP contribution in [0.15, 0.2) is 26.2 Å². The number of anilines is 1. The summed E-state index contributed by atoms with van der Waals surface area (Å²) in [4.78, 5) is 0. The minimum Gasteiger partial charge on any atom is -0.398 e. The smallest absolute Gasteiger partial charge is 0.253 e. The van der Waals surface area contributed by atoms with Gasteiger partial charge in [0.25, 0.3) is 10.0 Å². The third kappa shape index (κ3) is 2.23. The number of nitrogen functional groups attached to an aromatic ring is 1. The fraction of sp³-hybridized carbons (Fsp3) is 0.417. The summed E-state index contributed by atoms with van der Waals surface area (Å²) in [5, 5.41) is 5.48. The largest absolute Gasteiger partial charge is 0.398 e. The van der Waals surface area contributed by atoms with E-state index < -0.39 is 10.0 Å². The zero-order valence-electron chi connectivity index (χ0n) is 10.9. The summed E-state index contributed by atoms with van der Waals surface area (Å²) in [7, 11) is -3.52. The van der Waals surface area contributed by atoms with Crippen LogP contribution in [0.3, 0.4) is 0 Å². The van der Waals surface area contributed by atoms with Crippen LogP contribution in [0.5, 0.6) is 0 Å². The lowest BCUT2D eigenvalue weighted by Gasteiger charge is -2.21. The SMILES string of the molecule is Cc1cc(C2CCCN2S(=O)(=O)c2cc(N)cs2)on1. The number of aromatic nitrogens is 1. The molecule has 6 nitrogen and oxygen atoms in total. The van der Waals surface area contributed by atoms with E-state index in [0.717, 1.165) is 29.9 Å². The Balaban J connectivity index is 1.96. The lowest BCUT2D eigenvalue weighted by Crippen LogP contribution is -2.30. The molecule has 1 unspecified atom stereocenters. The first-order chi connectivity index (χ1) is 9.48. The predicted octanol–water partition coefficient (Wildman–Crippen LogP) is 2.15. The van der Waals surface area contributed by atoms with Crippen molar-refractivity contribution >= 4 is 27.0 Å². The number of nitrogens with two attached hydrogens (primary N) is 1. The summed E-state index contributed by atoms with van der Waals surface area (Å²) >= 11 is 1.14. The van der Waals surface area contributed by atoms with Crippen molar-refractivity contribution in [2.24, 2.45) is 0 Å². The molecule has 108 valence electrons. The molecule has 0 amide bonds. The van der Waals surface area contributed by atoms with Crippen LogP contribution in [0.25, 0.3) is 0 Å². The van der Waals surface area contributed by atoms with E-state index in [1.54, 1.807) is 11.4 Å². The molecule has 2 aromatic rings. The first kappa shape index (κ1) is 13.6. The Morgan fingerprint density at radius 1 is 1.50 bits per heavy atom. The van der Waals surface area contributed by atoms with Gasteiger partial charge >= 0.3 is 0 Å². The maximum atomic E-state index is 12.7.